The summed E-state index contributed by atoms with van der Waals surface area (Å²) in [5, 5.41) is 12.5. The van der Waals surface area contributed by atoms with Gasteiger partial charge in [-0.25, -0.2) is 24.3 Å². The maximum absolute atomic E-state index is 13.2. The quantitative estimate of drug-likeness (QED) is 0.0501. The highest BCUT2D eigenvalue weighted by Gasteiger charge is 2.43. The van der Waals surface area contributed by atoms with Gasteiger partial charge in [0.25, 0.3) is 5.91 Å². The molecule has 1 fully saturated rings. The van der Waals surface area contributed by atoms with E-state index in [2.05, 4.69) is 70.5 Å². The molecule has 1 aliphatic heterocycles. The average molecular weight is 857 g/mol. The van der Waals surface area contributed by atoms with Gasteiger partial charge in [0.05, 0.1) is 58.9 Å². The van der Waals surface area contributed by atoms with E-state index in [0.717, 1.165) is 28.2 Å². The molecular weight excluding hydrogens is 804 g/mol. The van der Waals surface area contributed by atoms with Crippen molar-refractivity contribution in [2.75, 3.05) is 45.8 Å². The van der Waals surface area contributed by atoms with E-state index in [1.165, 1.54) is 6.33 Å². The lowest BCUT2D eigenvalue weighted by molar-refractivity contribution is -0.143. The van der Waals surface area contributed by atoms with Gasteiger partial charge in [0.1, 0.15) is 29.7 Å². The number of carbonyl (C=O) groups excluding carboxylic acids is 1. The summed E-state index contributed by atoms with van der Waals surface area (Å²) in [7, 11) is 1.90. The van der Waals surface area contributed by atoms with Crippen LogP contribution in [0.5, 0.6) is 11.5 Å². The molecule has 0 bridgehead atoms. The van der Waals surface area contributed by atoms with Crippen LogP contribution in [0.25, 0.3) is 11.2 Å². The Morgan fingerprint density at radius 3 is 2.03 bits per heavy atom. The smallest absolute Gasteiger partial charge is 0.256 e. The Balaban J connectivity index is 1.30. The van der Waals surface area contributed by atoms with E-state index in [1.807, 2.05) is 89.5 Å². The Hall–Kier alpha value is -5.78. The topological polar surface area (TPSA) is 149 Å². The third kappa shape index (κ3) is 9.64. The fourth-order valence-corrected chi connectivity index (χ4v) is 10.1. The number of aromatic nitrogens is 4. The van der Waals surface area contributed by atoms with Crippen LogP contribution in [-0.4, -0.2) is 93.5 Å². The van der Waals surface area contributed by atoms with Crippen LogP contribution in [0.3, 0.4) is 0 Å². The van der Waals surface area contributed by atoms with E-state index in [-0.39, 0.29) is 43.4 Å². The monoisotopic (exact) mass is 856 g/mol. The lowest BCUT2D eigenvalue weighted by atomic mass is 9.80. The van der Waals surface area contributed by atoms with Crippen LogP contribution in [0.1, 0.15) is 67.4 Å². The number of benzene rings is 4. The fraction of sp³-hybridized carbons (Fsp3) is 0.340. The normalized spacial score (nSPS) is 16.4. The molecule has 62 heavy (non-hydrogen) atoms. The number of imidazole rings is 1. The number of amides is 1. The number of morpholine rings is 1. The van der Waals surface area contributed by atoms with Gasteiger partial charge in [-0.2, -0.15) is 5.26 Å². The van der Waals surface area contributed by atoms with Gasteiger partial charge in [0.2, 0.25) is 0 Å². The second-order valence-electron chi connectivity index (χ2n) is 15.3. The number of nitrogens with zero attached hydrogens (tertiary/aromatic N) is 7. The van der Waals surface area contributed by atoms with Crippen molar-refractivity contribution < 1.29 is 28.3 Å². The SMILES string of the molecule is COc1ccc(C(OC[C@@H]2CN(P(OCCC#N)N(C(C)C)C(C)C)C[C@H](n3cnc4c(NC(=O)c5ccccc5)ncnc43)O2)(c2ccccc2)c2ccc(OC)cc2)cc1. The Kier molecular flexibility index (Phi) is 14.6. The lowest BCUT2D eigenvalue weighted by Gasteiger charge is -2.47. The summed E-state index contributed by atoms with van der Waals surface area (Å²) in [6.07, 6.45) is 2.22. The van der Waals surface area contributed by atoms with E-state index >= 15 is 0 Å². The number of carbonyl (C=O) groups is 1. The highest BCUT2D eigenvalue weighted by molar-refractivity contribution is 7.47. The Morgan fingerprint density at radius 1 is 0.855 bits per heavy atom. The molecule has 1 unspecified atom stereocenters. The Labute approximate surface area is 364 Å². The van der Waals surface area contributed by atoms with Gasteiger partial charge in [-0.3, -0.25) is 9.36 Å². The Bertz CT molecular complexity index is 2360. The molecule has 14 nitrogen and oxygen atoms in total. The van der Waals surface area contributed by atoms with Gasteiger partial charge in [-0.05, 0) is 80.8 Å². The number of nitrogens with one attached hydrogen (secondary N) is 1. The number of rotatable bonds is 18. The molecule has 0 aliphatic carbocycles. The number of methoxy groups -OCH3 is 2. The van der Waals surface area contributed by atoms with Crippen molar-refractivity contribution in [1.82, 2.24) is 28.9 Å². The van der Waals surface area contributed by atoms with Crippen LogP contribution in [0.15, 0.2) is 122 Å². The molecule has 1 saturated heterocycles. The number of hydrogen-bond donors (Lipinski definition) is 1. The van der Waals surface area contributed by atoms with Gasteiger partial charge in [-0.1, -0.05) is 72.8 Å². The zero-order valence-electron chi connectivity index (χ0n) is 35.9. The summed E-state index contributed by atoms with van der Waals surface area (Å²) in [6.45, 7) is 9.93. The first-order chi connectivity index (χ1) is 30.2. The van der Waals surface area contributed by atoms with Crippen LogP contribution in [-0.2, 0) is 19.6 Å². The number of hydrogen-bond acceptors (Lipinski definition) is 12. The minimum absolute atomic E-state index is 0.132. The molecule has 3 heterocycles. The lowest BCUT2D eigenvalue weighted by Crippen LogP contribution is -2.49. The molecule has 1 amide bonds. The highest BCUT2D eigenvalue weighted by atomic mass is 31.2. The van der Waals surface area contributed by atoms with Gasteiger partial charge >= 0.3 is 0 Å². The zero-order chi connectivity index (χ0) is 43.6. The molecule has 0 radical (unpaired) electrons. The van der Waals surface area contributed by atoms with Gasteiger partial charge < -0.3 is 28.8 Å². The van der Waals surface area contributed by atoms with Crippen molar-refractivity contribution in [3.63, 3.8) is 0 Å². The molecule has 6 aromatic rings. The predicted molar refractivity (Wildman–Crippen MR) is 239 cm³/mol. The standard InChI is InChI=1S/C47H53N8O6P/c1-33(2)55(34(3)4)62(60-27-13-26-48)53-28-41(61-42(29-53)54-32-51-43-44(49-31-50-45(43)54)52-46(56)35-14-9-7-10-15-35)30-59-47(36-16-11-8-12-17-36,37-18-22-39(57-5)23-19-37)38-20-24-40(58-6)25-21-38/h7-12,14-25,31-34,41-42H,13,27-30H2,1-6H3,(H,49,50,52,56)/t41-,42+,62?/m0/s1. The summed E-state index contributed by atoms with van der Waals surface area (Å²) in [5.41, 5.74) is 3.04. The maximum atomic E-state index is 13.2. The van der Waals surface area contributed by atoms with E-state index < -0.39 is 26.4 Å². The number of ether oxygens (including phenoxy) is 4. The second-order valence-corrected chi connectivity index (χ2v) is 17.1. The van der Waals surface area contributed by atoms with Crippen LogP contribution >= 0.6 is 8.45 Å². The van der Waals surface area contributed by atoms with Gasteiger partial charge in [0, 0.05) is 24.2 Å². The first kappa shape index (κ1) is 44.3. The summed E-state index contributed by atoms with van der Waals surface area (Å²) in [6, 6.07) is 37.5. The van der Waals surface area contributed by atoms with Crippen LogP contribution in [0.4, 0.5) is 5.82 Å². The van der Waals surface area contributed by atoms with Crippen molar-refractivity contribution in [2.24, 2.45) is 0 Å². The first-order valence-electron chi connectivity index (χ1n) is 20.7. The first-order valence-corrected chi connectivity index (χ1v) is 21.8. The van der Waals surface area contributed by atoms with Gasteiger partial charge in [-0.15, -0.1) is 0 Å². The van der Waals surface area contributed by atoms with Crippen molar-refractivity contribution >= 4 is 31.3 Å². The molecule has 3 atom stereocenters. The summed E-state index contributed by atoms with van der Waals surface area (Å²) in [5.74, 6) is 1.43. The van der Waals surface area contributed by atoms with Crippen LogP contribution < -0.4 is 14.8 Å². The summed E-state index contributed by atoms with van der Waals surface area (Å²) in [4.78, 5) is 27.0. The molecule has 0 spiro atoms. The zero-order valence-corrected chi connectivity index (χ0v) is 36.8. The predicted octanol–water partition coefficient (Wildman–Crippen LogP) is 8.58. The molecule has 1 N–H and O–H groups in total. The van der Waals surface area contributed by atoms with E-state index in [0.29, 0.717) is 29.8 Å². The number of fused-ring (bicyclic) bond motifs is 1. The molecule has 1 aliphatic rings. The summed E-state index contributed by atoms with van der Waals surface area (Å²) < 4.78 is 38.8. The molecule has 7 rings (SSSR count). The fourth-order valence-electron chi connectivity index (χ4n) is 7.86. The van der Waals surface area contributed by atoms with Crippen molar-refractivity contribution in [3.05, 3.63) is 144 Å². The van der Waals surface area contributed by atoms with Crippen molar-refractivity contribution in [2.45, 2.75) is 64.1 Å². The molecular formula is C47H53N8O6P. The third-order valence-electron chi connectivity index (χ3n) is 10.6. The second kappa shape index (κ2) is 20.4. The third-order valence-corrected chi connectivity index (χ3v) is 13.2. The summed E-state index contributed by atoms with van der Waals surface area (Å²) >= 11 is 0. The Morgan fingerprint density at radius 2 is 1.45 bits per heavy atom. The highest BCUT2D eigenvalue weighted by Crippen LogP contribution is 2.51. The van der Waals surface area contributed by atoms with E-state index in [9.17, 15) is 10.1 Å². The minimum Gasteiger partial charge on any atom is -0.497 e. The number of nitriles is 1. The maximum Gasteiger partial charge on any atom is 0.256 e. The molecule has 15 heteroatoms. The number of anilines is 1. The molecule has 2 aromatic heterocycles. The molecule has 0 saturated carbocycles. The molecule has 322 valence electrons. The van der Waals surface area contributed by atoms with E-state index in [1.54, 1.807) is 32.7 Å². The van der Waals surface area contributed by atoms with Crippen LogP contribution in [0, 0.1) is 11.3 Å². The average Bonchev–Trinajstić information content (AvgIpc) is 3.75. The van der Waals surface area contributed by atoms with Crippen molar-refractivity contribution in [3.8, 4) is 17.6 Å². The van der Waals surface area contributed by atoms with Gasteiger partial charge in [0.15, 0.2) is 25.4 Å². The van der Waals surface area contributed by atoms with E-state index in [4.69, 9.17) is 28.5 Å². The van der Waals surface area contributed by atoms with Crippen LogP contribution in [0.2, 0.25) is 0 Å². The molecule has 4 aromatic carbocycles. The largest absolute Gasteiger partial charge is 0.497 e. The minimum atomic E-state index is -1.40. The van der Waals surface area contributed by atoms with Crippen molar-refractivity contribution in [1.29, 1.82) is 5.26 Å².